The predicted molar refractivity (Wildman–Crippen MR) is 63.2 cm³/mol. The van der Waals surface area contributed by atoms with Gasteiger partial charge in [0.05, 0.1) is 0 Å². The quantitative estimate of drug-likeness (QED) is 0.637. The Morgan fingerprint density at radius 1 is 1.18 bits per heavy atom. The Morgan fingerprint density at radius 2 is 2.06 bits per heavy atom. The van der Waals surface area contributed by atoms with Crippen LogP contribution in [0.1, 0.15) is 25.7 Å². The van der Waals surface area contributed by atoms with E-state index in [1.165, 1.54) is 12.8 Å². The summed E-state index contributed by atoms with van der Waals surface area (Å²) >= 11 is 0. The van der Waals surface area contributed by atoms with E-state index in [-0.39, 0.29) is 17.8 Å². The van der Waals surface area contributed by atoms with Gasteiger partial charge < -0.3 is 0 Å². The molecule has 4 aliphatic rings. The Kier molecular flexibility index (Phi) is 1.84. The Morgan fingerprint density at radius 3 is 2.94 bits per heavy atom. The van der Waals surface area contributed by atoms with E-state index in [0.29, 0.717) is 17.5 Å². The molecule has 2 heteroatoms. The number of ketones is 2. The predicted octanol–water partition coefficient (Wildman–Crippen LogP) is 2.30. The largest absolute Gasteiger partial charge is 0.299 e. The van der Waals surface area contributed by atoms with Crippen molar-refractivity contribution in [2.24, 2.45) is 29.6 Å². The summed E-state index contributed by atoms with van der Waals surface area (Å²) in [6, 6.07) is 0. The van der Waals surface area contributed by atoms with Crippen LogP contribution in [0.4, 0.5) is 0 Å². The molecule has 4 aliphatic carbocycles. The van der Waals surface area contributed by atoms with Crippen LogP contribution in [0.3, 0.4) is 0 Å². The molecule has 0 aromatic rings. The molecule has 88 valence electrons. The fourth-order valence-corrected chi connectivity index (χ4v) is 4.21. The lowest BCUT2D eigenvalue weighted by atomic mass is 9.62. The monoisotopic (exact) mass is 228 g/mol. The molecule has 0 aromatic heterocycles. The highest BCUT2D eigenvalue weighted by Crippen LogP contribution is 2.58. The molecule has 2 nitrogen and oxygen atoms in total. The highest BCUT2D eigenvalue weighted by Gasteiger charge is 2.58. The molecule has 0 saturated heterocycles. The van der Waals surface area contributed by atoms with Gasteiger partial charge in [0, 0.05) is 23.3 Å². The van der Waals surface area contributed by atoms with E-state index in [4.69, 9.17) is 0 Å². The molecule has 17 heavy (non-hydrogen) atoms. The van der Waals surface area contributed by atoms with Gasteiger partial charge in [-0.05, 0) is 37.5 Å². The average molecular weight is 228 g/mol. The van der Waals surface area contributed by atoms with Gasteiger partial charge in [-0.25, -0.2) is 0 Å². The van der Waals surface area contributed by atoms with Gasteiger partial charge in [0.1, 0.15) is 5.78 Å². The molecule has 3 saturated carbocycles. The van der Waals surface area contributed by atoms with Gasteiger partial charge in [-0.2, -0.15) is 0 Å². The SMILES string of the molecule is O=C1C2CC=CC=C2C(=O)C2C1CCC1CC12. The molecule has 0 N–H and O–H groups in total. The van der Waals surface area contributed by atoms with Crippen LogP contribution < -0.4 is 0 Å². The van der Waals surface area contributed by atoms with Gasteiger partial charge in [-0.3, -0.25) is 9.59 Å². The van der Waals surface area contributed by atoms with Crippen molar-refractivity contribution in [1.29, 1.82) is 0 Å². The summed E-state index contributed by atoms with van der Waals surface area (Å²) in [6.07, 6.45) is 9.90. The minimum absolute atomic E-state index is 0.0512. The highest BCUT2D eigenvalue weighted by atomic mass is 16.1. The lowest BCUT2D eigenvalue weighted by Gasteiger charge is -2.38. The third-order valence-electron chi connectivity index (χ3n) is 5.18. The molecule has 5 unspecified atom stereocenters. The number of Topliss-reactive ketones (excluding diaryl/α,β-unsaturated/α-hetero) is 2. The van der Waals surface area contributed by atoms with Crippen molar-refractivity contribution < 1.29 is 9.59 Å². The number of carbonyl (C=O) groups excluding carboxylic acids is 2. The second kappa shape index (κ2) is 3.18. The molecule has 0 spiro atoms. The second-order valence-corrected chi connectivity index (χ2v) is 5.97. The van der Waals surface area contributed by atoms with Crippen LogP contribution >= 0.6 is 0 Å². The lowest BCUT2D eigenvalue weighted by Crippen LogP contribution is -2.45. The lowest BCUT2D eigenvalue weighted by molar-refractivity contribution is -0.139. The van der Waals surface area contributed by atoms with Crippen LogP contribution in [0, 0.1) is 29.6 Å². The van der Waals surface area contributed by atoms with Gasteiger partial charge in [0.2, 0.25) is 0 Å². The van der Waals surface area contributed by atoms with Crippen molar-refractivity contribution in [2.75, 3.05) is 0 Å². The summed E-state index contributed by atoms with van der Waals surface area (Å²) in [5, 5.41) is 0. The van der Waals surface area contributed by atoms with Crippen LogP contribution in [0.25, 0.3) is 0 Å². The smallest absolute Gasteiger partial charge is 0.163 e. The van der Waals surface area contributed by atoms with E-state index in [1.807, 2.05) is 18.2 Å². The van der Waals surface area contributed by atoms with Crippen molar-refractivity contribution >= 4 is 11.6 Å². The van der Waals surface area contributed by atoms with Gasteiger partial charge in [0.15, 0.2) is 5.78 Å². The van der Waals surface area contributed by atoms with Gasteiger partial charge >= 0.3 is 0 Å². The fraction of sp³-hybridized carbons (Fsp3) is 0.600. The van der Waals surface area contributed by atoms with Crippen LogP contribution in [0.5, 0.6) is 0 Å². The fourth-order valence-electron chi connectivity index (χ4n) is 4.21. The first-order valence-electron chi connectivity index (χ1n) is 6.72. The molecular formula is C15H16O2. The van der Waals surface area contributed by atoms with Crippen LogP contribution in [0.15, 0.2) is 23.8 Å². The standard InChI is InChI=1S/C15H16O2/c16-14-9-3-1-2-4-10(9)15(17)13-11(14)6-5-8-7-12(8)13/h1-2,4,8-9,11-13H,3,5-7H2. The second-order valence-electron chi connectivity index (χ2n) is 5.97. The molecule has 3 fully saturated rings. The van der Waals surface area contributed by atoms with E-state index >= 15 is 0 Å². The Labute approximate surface area is 101 Å². The van der Waals surface area contributed by atoms with Crippen molar-refractivity contribution in [1.82, 2.24) is 0 Å². The van der Waals surface area contributed by atoms with Crippen LogP contribution in [0.2, 0.25) is 0 Å². The highest BCUT2D eigenvalue weighted by molar-refractivity contribution is 6.10. The Hall–Kier alpha value is -1.18. The van der Waals surface area contributed by atoms with Gasteiger partial charge in [-0.15, -0.1) is 0 Å². The first-order valence-corrected chi connectivity index (χ1v) is 6.72. The summed E-state index contributed by atoms with van der Waals surface area (Å²) in [7, 11) is 0. The summed E-state index contributed by atoms with van der Waals surface area (Å²) in [6.45, 7) is 0. The summed E-state index contributed by atoms with van der Waals surface area (Å²) in [5.74, 6) is 1.95. The van der Waals surface area contributed by atoms with E-state index in [2.05, 4.69) is 0 Å². The molecule has 0 heterocycles. The minimum Gasteiger partial charge on any atom is -0.299 e. The topological polar surface area (TPSA) is 34.1 Å². The molecule has 0 aromatic carbocycles. The molecular weight excluding hydrogens is 212 g/mol. The molecule has 0 aliphatic heterocycles. The molecule has 0 radical (unpaired) electrons. The van der Waals surface area contributed by atoms with Crippen LogP contribution in [-0.4, -0.2) is 11.6 Å². The van der Waals surface area contributed by atoms with Crippen molar-refractivity contribution in [2.45, 2.75) is 25.7 Å². The molecule has 0 amide bonds. The number of hydrogen-bond donors (Lipinski definition) is 0. The molecule has 4 rings (SSSR count). The Bertz CT molecular complexity index is 471. The number of fused-ring (bicyclic) bond motifs is 4. The maximum atomic E-state index is 12.5. The number of carbonyl (C=O) groups is 2. The number of rotatable bonds is 0. The third kappa shape index (κ3) is 1.21. The zero-order valence-electron chi connectivity index (χ0n) is 9.76. The maximum absolute atomic E-state index is 12.5. The first-order chi connectivity index (χ1) is 8.27. The maximum Gasteiger partial charge on any atom is 0.163 e. The Balaban J connectivity index is 1.77. The summed E-state index contributed by atoms with van der Waals surface area (Å²) in [5.41, 5.74) is 0.811. The summed E-state index contributed by atoms with van der Waals surface area (Å²) in [4.78, 5) is 25.0. The normalized spacial score (nSPS) is 46.8. The van der Waals surface area contributed by atoms with Gasteiger partial charge in [-0.1, -0.05) is 18.2 Å². The molecule has 0 bridgehead atoms. The van der Waals surface area contributed by atoms with E-state index < -0.39 is 0 Å². The summed E-state index contributed by atoms with van der Waals surface area (Å²) < 4.78 is 0. The minimum atomic E-state index is -0.107. The van der Waals surface area contributed by atoms with E-state index in [1.54, 1.807) is 0 Å². The molecule has 5 atom stereocenters. The average Bonchev–Trinajstić information content (AvgIpc) is 3.14. The van der Waals surface area contributed by atoms with Gasteiger partial charge in [0.25, 0.3) is 0 Å². The third-order valence-corrected chi connectivity index (χ3v) is 5.18. The van der Waals surface area contributed by atoms with Crippen LogP contribution in [-0.2, 0) is 9.59 Å². The van der Waals surface area contributed by atoms with Crippen molar-refractivity contribution in [3.8, 4) is 0 Å². The van der Waals surface area contributed by atoms with E-state index in [0.717, 1.165) is 24.3 Å². The first kappa shape index (κ1) is 9.81. The van der Waals surface area contributed by atoms with E-state index in [9.17, 15) is 9.59 Å². The number of allylic oxidation sites excluding steroid dienone is 4. The van der Waals surface area contributed by atoms with Crippen molar-refractivity contribution in [3.05, 3.63) is 23.8 Å². The zero-order valence-corrected chi connectivity index (χ0v) is 9.76. The van der Waals surface area contributed by atoms with Crippen molar-refractivity contribution in [3.63, 3.8) is 0 Å². The number of hydrogen-bond acceptors (Lipinski definition) is 2. The zero-order chi connectivity index (χ0) is 11.6.